The maximum absolute atomic E-state index is 12.1. The molecule has 1 saturated heterocycles. The monoisotopic (exact) mass is 252 g/mol. The van der Waals surface area contributed by atoms with E-state index in [4.69, 9.17) is 0 Å². The van der Waals surface area contributed by atoms with Crippen molar-refractivity contribution in [2.45, 2.75) is 70.4 Å². The largest absolute Gasteiger partial charge is 0.352 e. The van der Waals surface area contributed by atoms with E-state index in [1.807, 2.05) is 0 Å². The Labute approximate surface area is 109 Å². The van der Waals surface area contributed by atoms with Crippen LogP contribution in [0.2, 0.25) is 0 Å². The SMILES string of the molecule is CC1CCC(NC(=O)[C@H]2CCCCC(=O)N2)CC1. The van der Waals surface area contributed by atoms with Crippen LogP contribution in [0.3, 0.4) is 0 Å². The van der Waals surface area contributed by atoms with Gasteiger partial charge in [0.25, 0.3) is 0 Å². The summed E-state index contributed by atoms with van der Waals surface area (Å²) in [6.07, 6.45) is 7.74. The Hall–Kier alpha value is -1.06. The van der Waals surface area contributed by atoms with Gasteiger partial charge in [-0.25, -0.2) is 0 Å². The van der Waals surface area contributed by atoms with Gasteiger partial charge < -0.3 is 10.6 Å². The number of carbonyl (C=O) groups is 2. The average Bonchev–Trinajstić information content (AvgIpc) is 2.57. The molecule has 18 heavy (non-hydrogen) atoms. The van der Waals surface area contributed by atoms with Crippen LogP contribution in [0.15, 0.2) is 0 Å². The van der Waals surface area contributed by atoms with E-state index in [9.17, 15) is 9.59 Å². The van der Waals surface area contributed by atoms with Gasteiger partial charge in [0.1, 0.15) is 6.04 Å². The standard InChI is InChI=1S/C14H24N2O2/c1-10-6-8-11(9-7-10)15-14(18)12-4-2-3-5-13(17)16-12/h10-12H,2-9H2,1H3,(H,15,18)(H,16,17)/t10?,11?,12-/m1/s1. The second kappa shape index (κ2) is 6.21. The molecule has 0 bridgehead atoms. The number of carbonyl (C=O) groups excluding carboxylic acids is 2. The minimum absolute atomic E-state index is 0.0183. The van der Waals surface area contributed by atoms with Crippen molar-refractivity contribution >= 4 is 11.8 Å². The lowest BCUT2D eigenvalue weighted by atomic mass is 9.87. The van der Waals surface area contributed by atoms with Crippen molar-refractivity contribution in [2.24, 2.45) is 5.92 Å². The summed E-state index contributed by atoms with van der Waals surface area (Å²) in [6.45, 7) is 2.27. The van der Waals surface area contributed by atoms with Crippen LogP contribution < -0.4 is 10.6 Å². The molecule has 102 valence electrons. The third kappa shape index (κ3) is 3.72. The number of rotatable bonds is 2. The zero-order valence-electron chi connectivity index (χ0n) is 11.2. The highest BCUT2D eigenvalue weighted by Crippen LogP contribution is 2.23. The summed E-state index contributed by atoms with van der Waals surface area (Å²) >= 11 is 0. The van der Waals surface area contributed by atoms with E-state index in [0.29, 0.717) is 12.5 Å². The van der Waals surface area contributed by atoms with Gasteiger partial charge in [-0.3, -0.25) is 9.59 Å². The van der Waals surface area contributed by atoms with E-state index >= 15 is 0 Å². The highest BCUT2D eigenvalue weighted by Gasteiger charge is 2.26. The minimum atomic E-state index is -0.306. The summed E-state index contributed by atoms with van der Waals surface area (Å²) in [4.78, 5) is 23.6. The summed E-state index contributed by atoms with van der Waals surface area (Å²) in [5, 5.41) is 5.93. The minimum Gasteiger partial charge on any atom is -0.352 e. The Morgan fingerprint density at radius 3 is 2.61 bits per heavy atom. The molecule has 0 aromatic rings. The number of hydrogen-bond donors (Lipinski definition) is 2. The highest BCUT2D eigenvalue weighted by atomic mass is 16.2. The number of amides is 2. The molecule has 2 rings (SSSR count). The molecule has 0 aromatic carbocycles. The third-order valence-corrected chi connectivity index (χ3v) is 4.16. The van der Waals surface area contributed by atoms with E-state index in [1.165, 1.54) is 12.8 Å². The number of nitrogens with one attached hydrogen (secondary N) is 2. The Balaban J connectivity index is 1.81. The highest BCUT2D eigenvalue weighted by molar-refractivity contribution is 5.88. The van der Waals surface area contributed by atoms with Crippen LogP contribution in [0.1, 0.15) is 58.3 Å². The fourth-order valence-electron chi connectivity index (χ4n) is 2.88. The van der Waals surface area contributed by atoms with Gasteiger partial charge in [0.05, 0.1) is 0 Å². The van der Waals surface area contributed by atoms with E-state index < -0.39 is 0 Å². The topological polar surface area (TPSA) is 58.2 Å². The van der Waals surface area contributed by atoms with Crippen molar-refractivity contribution in [3.8, 4) is 0 Å². The van der Waals surface area contributed by atoms with E-state index in [-0.39, 0.29) is 17.9 Å². The maximum Gasteiger partial charge on any atom is 0.242 e. The first-order chi connectivity index (χ1) is 8.65. The molecule has 1 aliphatic carbocycles. The van der Waals surface area contributed by atoms with Gasteiger partial charge in [-0.05, 0) is 44.4 Å². The summed E-state index contributed by atoms with van der Waals surface area (Å²) in [5.74, 6) is 0.824. The quantitative estimate of drug-likeness (QED) is 0.786. The molecule has 1 saturated carbocycles. The van der Waals surface area contributed by atoms with Crippen LogP contribution in [0.4, 0.5) is 0 Å². The molecule has 1 atom stereocenters. The molecule has 2 fully saturated rings. The molecular formula is C14H24N2O2. The molecule has 2 aliphatic rings. The van der Waals surface area contributed by atoms with E-state index in [0.717, 1.165) is 38.0 Å². The maximum atomic E-state index is 12.1. The van der Waals surface area contributed by atoms with Crippen LogP contribution in [0.25, 0.3) is 0 Å². The van der Waals surface area contributed by atoms with Crippen LogP contribution in [-0.4, -0.2) is 23.9 Å². The smallest absolute Gasteiger partial charge is 0.242 e. The Bertz CT molecular complexity index is 309. The van der Waals surface area contributed by atoms with Gasteiger partial charge >= 0.3 is 0 Å². The van der Waals surface area contributed by atoms with Gasteiger partial charge in [-0.1, -0.05) is 13.3 Å². The molecular weight excluding hydrogens is 228 g/mol. The second-order valence-corrected chi connectivity index (χ2v) is 5.83. The fourth-order valence-corrected chi connectivity index (χ4v) is 2.88. The van der Waals surface area contributed by atoms with Gasteiger partial charge in [-0.15, -0.1) is 0 Å². The van der Waals surface area contributed by atoms with Crippen molar-refractivity contribution < 1.29 is 9.59 Å². The zero-order valence-corrected chi connectivity index (χ0v) is 11.2. The van der Waals surface area contributed by atoms with Crippen molar-refractivity contribution in [2.75, 3.05) is 0 Å². The molecule has 0 radical (unpaired) electrons. The van der Waals surface area contributed by atoms with Gasteiger partial charge in [-0.2, -0.15) is 0 Å². The van der Waals surface area contributed by atoms with Crippen LogP contribution in [0.5, 0.6) is 0 Å². The van der Waals surface area contributed by atoms with Crippen molar-refractivity contribution in [1.29, 1.82) is 0 Å². The lowest BCUT2D eigenvalue weighted by Crippen LogP contribution is -2.49. The van der Waals surface area contributed by atoms with Crippen LogP contribution in [-0.2, 0) is 9.59 Å². The lowest BCUT2D eigenvalue weighted by molar-refractivity contribution is -0.129. The fraction of sp³-hybridized carbons (Fsp3) is 0.857. The first-order valence-corrected chi connectivity index (χ1v) is 7.25. The first-order valence-electron chi connectivity index (χ1n) is 7.25. The van der Waals surface area contributed by atoms with Crippen molar-refractivity contribution in [3.05, 3.63) is 0 Å². The van der Waals surface area contributed by atoms with Gasteiger partial charge in [0.15, 0.2) is 0 Å². The number of hydrogen-bond acceptors (Lipinski definition) is 2. The molecule has 2 N–H and O–H groups in total. The third-order valence-electron chi connectivity index (χ3n) is 4.16. The Kier molecular flexibility index (Phi) is 4.61. The van der Waals surface area contributed by atoms with Crippen LogP contribution >= 0.6 is 0 Å². The Morgan fingerprint density at radius 1 is 1.17 bits per heavy atom. The first kappa shape index (κ1) is 13.4. The van der Waals surface area contributed by atoms with Crippen molar-refractivity contribution in [1.82, 2.24) is 10.6 Å². The molecule has 2 amide bonds. The second-order valence-electron chi connectivity index (χ2n) is 5.83. The summed E-state index contributed by atoms with van der Waals surface area (Å²) in [5.41, 5.74) is 0. The van der Waals surface area contributed by atoms with Crippen LogP contribution in [0, 0.1) is 5.92 Å². The lowest BCUT2D eigenvalue weighted by Gasteiger charge is -2.28. The van der Waals surface area contributed by atoms with Gasteiger partial charge in [0.2, 0.25) is 11.8 Å². The molecule has 0 spiro atoms. The predicted molar refractivity (Wildman–Crippen MR) is 70.0 cm³/mol. The van der Waals surface area contributed by atoms with E-state index in [1.54, 1.807) is 0 Å². The predicted octanol–water partition coefficient (Wildman–Crippen LogP) is 1.74. The normalized spacial score (nSPS) is 33.4. The summed E-state index contributed by atoms with van der Waals surface area (Å²) in [7, 11) is 0. The molecule has 1 heterocycles. The molecule has 0 unspecified atom stereocenters. The van der Waals surface area contributed by atoms with Crippen molar-refractivity contribution in [3.63, 3.8) is 0 Å². The molecule has 4 heteroatoms. The molecule has 4 nitrogen and oxygen atoms in total. The molecule has 0 aromatic heterocycles. The molecule has 1 aliphatic heterocycles. The Morgan fingerprint density at radius 2 is 1.89 bits per heavy atom. The summed E-state index contributed by atoms with van der Waals surface area (Å²) in [6, 6.07) is 0.00760. The van der Waals surface area contributed by atoms with E-state index in [2.05, 4.69) is 17.6 Å². The zero-order chi connectivity index (χ0) is 13.0. The average molecular weight is 252 g/mol. The summed E-state index contributed by atoms with van der Waals surface area (Å²) < 4.78 is 0. The van der Waals surface area contributed by atoms with Gasteiger partial charge in [0, 0.05) is 12.5 Å².